The molecule has 0 amide bonds. The Labute approximate surface area is 85.3 Å². The molecule has 0 fully saturated rings. The molecule has 1 heterocycles. The number of rotatable bonds is 2. The largest absolute Gasteiger partial charge is 0.462 e. The van der Waals surface area contributed by atoms with Gasteiger partial charge in [0.05, 0.1) is 27.9 Å². The quantitative estimate of drug-likeness (QED) is 0.710. The molecule has 0 saturated heterocycles. The minimum Gasteiger partial charge on any atom is -0.462 e. The van der Waals surface area contributed by atoms with Crippen molar-refractivity contribution in [3.05, 3.63) is 29.3 Å². The Kier molecular flexibility index (Phi) is 2.45. The third kappa shape index (κ3) is 1.61. The van der Waals surface area contributed by atoms with Gasteiger partial charge in [0.15, 0.2) is 0 Å². The predicted molar refractivity (Wildman–Crippen MR) is 55.6 cm³/mol. The molecule has 2 aromatic rings. The van der Waals surface area contributed by atoms with Gasteiger partial charge < -0.3 is 4.74 Å². The molecule has 72 valence electrons. The topological polar surface area (TPSA) is 39.2 Å². The van der Waals surface area contributed by atoms with Crippen LogP contribution in [0.25, 0.3) is 10.2 Å². The first-order chi connectivity index (χ1) is 6.81. The number of hydrogen-bond acceptors (Lipinski definition) is 4. The molecule has 4 heteroatoms. The standard InChI is InChI=1S/C10H9NO2S/c1-2-13-10(12)7-3-4-9-8(5-7)11-6-14-9/h3-6H,2H2,1H3. The zero-order chi connectivity index (χ0) is 9.97. The van der Waals surface area contributed by atoms with Crippen molar-refractivity contribution in [2.24, 2.45) is 0 Å². The molecule has 0 saturated carbocycles. The monoisotopic (exact) mass is 207 g/mol. The molecule has 0 aliphatic heterocycles. The number of thiazole rings is 1. The molecular formula is C10H9NO2S. The summed E-state index contributed by atoms with van der Waals surface area (Å²) in [6.07, 6.45) is 0. The van der Waals surface area contributed by atoms with Crippen LogP contribution in [-0.4, -0.2) is 17.6 Å². The van der Waals surface area contributed by atoms with E-state index in [0.29, 0.717) is 12.2 Å². The first-order valence-electron chi connectivity index (χ1n) is 4.31. The van der Waals surface area contributed by atoms with Crippen LogP contribution in [0.15, 0.2) is 23.7 Å². The van der Waals surface area contributed by atoms with E-state index in [4.69, 9.17) is 4.74 Å². The van der Waals surface area contributed by atoms with E-state index in [0.717, 1.165) is 10.2 Å². The lowest BCUT2D eigenvalue weighted by atomic mass is 10.2. The highest BCUT2D eigenvalue weighted by molar-refractivity contribution is 7.16. The molecular weight excluding hydrogens is 198 g/mol. The molecule has 0 atom stereocenters. The summed E-state index contributed by atoms with van der Waals surface area (Å²) in [5, 5.41) is 0. The number of aromatic nitrogens is 1. The summed E-state index contributed by atoms with van der Waals surface area (Å²) in [5.41, 5.74) is 3.17. The normalized spacial score (nSPS) is 10.4. The molecule has 0 bridgehead atoms. The van der Waals surface area contributed by atoms with Gasteiger partial charge >= 0.3 is 5.97 Å². The minimum atomic E-state index is -0.289. The summed E-state index contributed by atoms with van der Waals surface area (Å²) >= 11 is 1.56. The summed E-state index contributed by atoms with van der Waals surface area (Å²) in [7, 11) is 0. The molecule has 0 unspecified atom stereocenters. The van der Waals surface area contributed by atoms with Gasteiger partial charge in [-0.25, -0.2) is 9.78 Å². The fraction of sp³-hybridized carbons (Fsp3) is 0.200. The zero-order valence-corrected chi connectivity index (χ0v) is 8.50. The van der Waals surface area contributed by atoms with E-state index in [2.05, 4.69) is 4.98 Å². The number of benzene rings is 1. The van der Waals surface area contributed by atoms with Crippen molar-refractivity contribution in [2.75, 3.05) is 6.61 Å². The Morgan fingerprint density at radius 1 is 1.57 bits per heavy atom. The second-order valence-corrected chi connectivity index (χ2v) is 3.64. The summed E-state index contributed by atoms with van der Waals surface area (Å²) in [6.45, 7) is 2.19. The van der Waals surface area contributed by atoms with E-state index in [9.17, 15) is 4.79 Å². The van der Waals surface area contributed by atoms with Crippen LogP contribution in [0.4, 0.5) is 0 Å². The summed E-state index contributed by atoms with van der Waals surface area (Å²) < 4.78 is 5.97. The lowest BCUT2D eigenvalue weighted by molar-refractivity contribution is 0.0526. The summed E-state index contributed by atoms with van der Waals surface area (Å²) in [6, 6.07) is 5.40. The number of hydrogen-bond donors (Lipinski definition) is 0. The highest BCUT2D eigenvalue weighted by atomic mass is 32.1. The van der Waals surface area contributed by atoms with E-state index >= 15 is 0 Å². The smallest absolute Gasteiger partial charge is 0.338 e. The van der Waals surface area contributed by atoms with Gasteiger partial charge in [-0.1, -0.05) is 0 Å². The van der Waals surface area contributed by atoms with Gasteiger partial charge in [-0.2, -0.15) is 0 Å². The Morgan fingerprint density at radius 2 is 2.43 bits per heavy atom. The number of nitrogens with zero attached hydrogens (tertiary/aromatic N) is 1. The molecule has 0 N–H and O–H groups in total. The van der Waals surface area contributed by atoms with E-state index in [1.165, 1.54) is 0 Å². The van der Waals surface area contributed by atoms with E-state index in [-0.39, 0.29) is 5.97 Å². The molecule has 0 aliphatic rings. The van der Waals surface area contributed by atoms with Crippen LogP contribution in [-0.2, 0) is 4.74 Å². The van der Waals surface area contributed by atoms with E-state index in [1.807, 2.05) is 6.07 Å². The van der Waals surface area contributed by atoms with E-state index in [1.54, 1.807) is 35.9 Å². The summed E-state index contributed by atoms with van der Waals surface area (Å²) in [4.78, 5) is 15.5. The van der Waals surface area contributed by atoms with Crippen LogP contribution in [0, 0.1) is 0 Å². The van der Waals surface area contributed by atoms with Gasteiger partial charge in [0.2, 0.25) is 0 Å². The molecule has 0 aliphatic carbocycles. The maximum Gasteiger partial charge on any atom is 0.338 e. The van der Waals surface area contributed by atoms with Gasteiger partial charge in [0.1, 0.15) is 0 Å². The Morgan fingerprint density at radius 3 is 3.21 bits per heavy atom. The minimum absolute atomic E-state index is 0.289. The first-order valence-corrected chi connectivity index (χ1v) is 5.19. The highest BCUT2D eigenvalue weighted by Crippen LogP contribution is 2.19. The molecule has 1 aromatic heterocycles. The Balaban J connectivity index is 2.38. The van der Waals surface area contributed by atoms with Gasteiger partial charge in [-0.15, -0.1) is 11.3 Å². The SMILES string of the molecule is CCOC(=O)c1ccc2scnc2c1. The van der Waals surface area contributed by atoms with Crippen LogP contribution < -0.4 is 0 Å². The lowest BCUT2D eigenvalue weighted by Crippen LogP contribution is -2.03. The number of carbonyl (C=O) groups is 1. The summed E-state index contributed by atoms with van der Waals surface area (Å²) in [5.74, 6) is -0.289. The van der Waals surface area contributed by atoms with Gasteiger partial charge in [0, 0.05) is 0 Å². The molecule has 2 rings (SSSR count). The predicted octanol–water partition coefficient (Wildman–Crippen LogP) is 2.47. The molecule has 0 radical (unpaired) electrons. The second kappa shape index (κ2) is 3.75. The Bertz CT molecular complexity index is 464. The van der Waals surface area contributed by atoms with E-state index < -0.39 is 0 Å². The molecule has 1 aromatic carbocycles. The van der Waals surface area contributed by atoms with Crippen molar-refractivity contribution in [3.8, 4) is 0 Å². The maximum atomic E-state index is 11.4. The number of esters is 1. The molecule has 0 spiro atoms. The third-order valence-corrected chi connectivity index (χ3v) is 2.65. The molecule has 14 heavy (non-hydrogen) atoms. The third-order valence-electron chi connectivity index (χ3n) is 1.84. The highest BCUT2D eigenvalue weighted by Gasteiger charge is 2.07. The van der Waals surface area contributed by atoms with Crippen LogP contribution in [0.1, 0.15) is 17.3 Å². The first kappa shape index (κ1) is 9.15. The average molecular weight is 207 g/mol. The van der Waals surface area contributed by atoms with Gasteiger partial charge in [0.25, 0.3) is 0 Å². The van der Waals surface area contributed by atoms with Crippen molar-refractivity contribution >= 4 is 27.5 Å². The zero-order valence-electron chi connectivity index (χ0n) is 7.69. The van der Waals surface area contributed by atoms with Crippen LogP contribution in [0.5, 0.6) is 0 Å². The van der Waals surface area contributed by atoms with Gasteiger partial charge in [-0.05, 0) is 25.1 Å². The van der Waals surface area contributed by atoms with Crippen molar-refractivity contribution in [3.63, 3.8) is 0 Å². The van der Waals surface area contributed by atoms with Crippen LogP contribution in [0.3, 0.4) is 0 Å². The van der Waals surface area contributed by atoms with Crippen molar-refractivity contribution in [1.29, 1.82) is 0 Å². The Hall–Kier alpha value is -1.42. The fourth-order valence-electron chi connectivity index (χ4n) is 1.20. The van der Waals surface area contributed by atoms with Crippen molar-refractivity contribution in [2.45, 2.75) is 6.92 Å². The average Bonchev–Trinajstić information content (AvgIpc) is 2.64. The molecule has 3 nitrogen and oxygen atoms in total. The van der Waals surface area contributed by atoms with Crippen LogP contribution >= 0.6 is 11.3 Å². The second-order valence-electron chi connectivity index (χ2n) is 2.76. The van der Waals surface area contributed by atoms with Crippen molar-refractivity contribution < 1.29 is 9.53 Å². The fourth-order valence-corrected chi connectivity index (χ4v) is 1.86. The number of fused-ring (bicyclic) bond motifs is 1. The van der Waals surface area contributed by atoms with Crippen molar-refractivity contribution in [1.82, 2.24) is 4.98 Å². The lowest BCUT2D eigenvalue weighted by Gasteiger charge is -2.00. The number of ether oxygens (including phenoxy) is 1. The van der Waals surface area contributed by atoms with Gasteiger partial charge in [-0.3, -0.25) is 0 Å². The van der Waals surface area contributed by atoms with Crippen LogP contribution in [0.2, 0.25) is 0 Å². The number of carbonyl (C=O) groups excluding carboxylic acids is 1. The maximum absolute atomic E-state index is 11.4.